The van der Waals surface area contributed by atoms with Crippen LogP contribution in [0.3, 0.4) is 0 Å². The number of fused-ring (bicyclic) bond motifs is 1. The third-order valence-corrected chi connectivity index (χ3v) is 6.63. The first kappa shape index (κ1) is 18.4. The average molecular weight is 416 g/mol. The molecule has 31 heavy (non-hydrogen) atoms. The fourth-order valence-corrected chi connectivity index (χ4v) is 4.71. The molecule has 0 saturated carbocycles. The summed E-state index contributed by atoms with van der Waals surface area (Å²) in [5, 5.41) is 4.00. The van der Waals surface area contributed by atoms with E-state index < -0.39 is 0 Å². The molecule has 2 aromatic heterocycles. The molecule has 3 aromatic rings. The zero-order valence-electron chi connectivity index (χ0n) is 17.2. The van der Waals surface area contributed by atoms with Crippen LogP contribution in [0.4, 0.5) is 11.6 Å². The molecule has 3 aliphatic heterocycles. The Morgan fingerprint density at radius 1 is 1.00 bits per heavy atom. The number of nitrogens with one attached hydrogen (secondary N) is 1. The summed E-state index contributed by atoms with van der Waals surface area (Å²) in [6.07, 6.45) is 5.24. The Balaban J connectivity index is 1.10. The fraction of sp³-hybridized carbons (Fsp3) is 0.391. The van der Waals surface area contributed by atoms with Crippen molar-refractivity contribution in [3.05, 3.63) is 48.8 Å². The minimum atomic E-state index is -0.229. The van der Waals surface area contributed by atoms with E-state index in [4.69, 9.17) is 9.72 Å². The summed E-state index contributed by atoms with van der Waals surface area (Å²) in [6.45, 7) is 3.89. The van der Waals surface area contributed by atoms with E-state index in [1.807, 2.05) is 12.1 Å². The summed E-state index contributed by atoms with van der Waals surface area (Å²) < 4.78 is 6.28. The van der Waals surface area contributed by atoms with E-state index in [1.54, 1.807) is 12.4 Å². The second-order valence-electron chi connectivity index (χ2n) is 8.67. The number of aromatic nitrogens is 3. The summed E-state index contributed by atoms with van der Waals surface area (Å²) in [4.78, 5) is 30.0. The largest absolute Gasteiger partial charge is 0.472 e. The van der Waals surface area contributed by atoms with E-state index in [0.717, 1.165) is 55.0 Å². The van der Waals surface area contributed by atoms with Crippen LogP contribution in [0.5, 0.6) is 5.88 Å². The molecule has 1 N–H and O–H groups in total. The Labute approximate surface area is 180 Å². The van der Waals surface area contributed by atoms with Crippen LogP contribution < -0.4 is 19.9 Å². The quantitative estimate of drug-likeness (QED) is 0.652. The van der Waals surface area contributed by atoms with Crippen molar-refractivity contribution in [1.29, 1.82) is 0 Å². The lowest BCUT2D eigenvalue weighted by molar-refractivity contribution is -0.142. The molecule has 1 aromatic carbocycles. The number of carbonyl (C=O) groups excluding carboxylic acids is 1. The van der Waals surface area contributed by atoms with Gasteiger partial charge in [0.2, 0.25) is 5.91 Å². The highest BCUT2D eigenvalue weighted by Gasteiger charge is 2.56. The molecule has 8 nitrogen and oxygen atoms in total. The zero-order chi connectivity index (χ0) is 20.8. The first-order valence-corrected chi connectivity index (χ1v) is 10.8. The molecule has 0 unspecified atom stereocenters. The maximum Gasteiger partial charge on any atom is 0.257 e. The molecular weight excluding hydrogens is 392 g/mol. The number of rotatable bonds is 4. The van der Waals surface area contributed by atoms with Crippen LogP contribution in [0, 0.1) is 5.41 Å². The Morgan fingerprint density at radius 2 is 1.81 bits per heavy atom. The standard InChI is InChI=1S/C23H24N6O2/c30-22-23(13-26-22)14-29(15-23)20-21(25-10-9-24-20)31-17-7-11-28(12-8-17)19-6-5-16-3-1-2-4-18(16)27-19/h1-6,9-10,17H,7-8,11-15H2,(H,26,30). The molecule has 158 valence electrons. The lowest BCUT2D eigenvalue weighted by atomic mass is 9.73. The van der Waals surface area contributed by atoms with Crippen molar-refractivity contribution in [2.75, 3.05) is 42.5 Å². The number of β-lactam (4-membered cyclic amide) rings is 1. The monoisotopic (exact) mass is 416 g/mol. The first-order chi connectivity index (χ1) is 15.2. The van der Waals surface area contributed by atoms with Crippen molar-refractivity contribution in [2.24, 2.45) is 5.41 Å². The van der Waals surface area contributed by atoms with Crippen LogP contribution in [-0.2, 0) is 4.79 Å². The van der Waals surface area contributed by atoms with Crippen LogP contribution in [0.1, 0.15) is 12.8 Å². The molecule has 5 heterocycles. The van der Waals surface area contributed by atoms with Crippen molar-refractivity contribution < 1.29 is 9.53 Å². The molecule has 3 aliphatic rings. The third kappa shape index (κ3) is 3.13. The number of amides is 1. The number of pyridine rings is 1. The van der Waals surface area contributed by atoms with Gasteiger partial charge < -0.3 is 19.9 Å². The number of hydrogen-bond donors (Lipinski definition) is 1. The van der Waals surface area contributed by atoms with E-state index in [-0.39, 0.29) is 17.4 Å². The Morgan fingerprint density at radius 3 is 2.58 bits per heavy atom. The number of benzene rings is 1. The van der Waals surface area contributed by atoms with E-state index >= 15 is 0 Å². The molecule has 0 radical (unpaired) electrons. The third-order valence-electron chi connectivity index (χ3n) is 6.63. The van der Waals surface area contributed by atoms with Gasteiger partial charge in [0.15, 0.2) is 5.82 Å². The van der Waals surface area contributed by atoms with Gasteiger partial charge in [-0.15, -0.1) is 0 Å². The number of para-hydroxylation sites is 1. The number of hydrogen-bond acceptors (Lipinski definition) is 7. The van der Waals surface area contributed by atoms with Gasteiger partial charge in [0, 0.05) is 63.3 Å². The highest BCUT2D eigenvalue weighted by Crippen LogP contribution is 2.40. The average Bonchev–Trinajstić information content (AvgIpc) is 2.78. The summed E-state index contributed by atoms with van der Waals surface area (Å²) >= 11 is 0. The number of nitrogens with zero attached hydrogens (tertiary/aromatic N) is 5. The first-order valence-electron chi connectivity index (χ1n) is 10.8. The molecule has 0 aliphatic carbocycles. The van der Waals surface area contributed by atoms with Crippen LogP contribution in [0.25, 0.3) is 10.9 Å². The van der Waals surface area contributed by atoms with Crippen molar-refractivity contribution >= 4 is 28.4 Å². The van der Waals surface area contributed by atoms with Crippen molar-refractivity contribution in [3.63, 3.8) is 0 Å². The molecule has 3 saturated heterocycles. The van der Waals surface area contributed by atoms with E-state index in [0.29, 0.717) is 19.0 Å². The van der Waals surface area contributed by atoms with Gasteiger partial charge in [-0.3, -0.25) is 4.79 Å². The lowest BCUT2D eigenvalue weighted by Crippen LogP contribution is -2.74. The van der Waals surface area contributed by atoms with E-state index in [1.165, 1.54) is 0 Å². The number of ether oxygens (including phenoxy) is 1. The van der Waals surface area contributed by atoms with Crippen molar-refractivity contribution in [2.45, 2.75) is 18.9 Å². The van der Waals surface area contributed by atoms with Crippen LogP contribution in [-0.4, -0.2) is 59.7 Å². The fourth-order valence-electron chi connectivity index (χ4n) is 4.71. The molecule has 0 atom stereocenters. The molecule has 3 fully saturated rings. The lowest BCUT2D eigenvalue weighted by Gasteiger charge is -2.54. The summed E-state index contributed by atoms with van der Waals surface area (Å²) in [7, 11) is 0. The second kappa shape index (κ2) is 7.08. The van der Waals surface area contributed by atoms with Crippen LogP contribution in [0.15, 0.2) is 48.8 Å². The summed E-state index contributed by atoms with van der Waals surface area (Å²) in [5.41, 5.74) is 0.794. The van der Waals surface area contributed by atoms with Gasteiger partial charge in [-0.05, 0) is 18.2 Å². The summed E-state index contributed by atoms with van der Waals surface area (Å²) in [5.74, 6) is 2.47. The van der Waals surface area contributed by atoms with Gasteiger partial charge in [-0.1, -0.05) is 18.2 Å². The number of anilines is 2. The Kier molecular flexibility index (Phi) is 4.19. The Bertz CT molecular complexity index is 1140. The minimum absolute atomic E-state index is 0.0920. The van der Waals surface area contributed by atoms with E-state index in [9.17, 15) is 4.79 Å². The summed E-state index contributed by atoms with van der Waals surface area (Å²) in [6, 6.07) is 12.4. The van der Waals surface area contributed by atoms with Crippen LogP contribution in [0.2, 0.25) is 0 Å². The minimum Gasteiger partial charge on any atom is -0.472 e. The smallest absolute Gasteiger partial charge is 0.257 e. The predicted molar refractivity (Wildman–Crippen MR) is 117 cm³/mol. The van der Waals surface area contributed by atoms with Crippen molar-refractivity contribution in [1.82, 2.24) is 20.3 Å². The molecule has 0 bridgehead atoms. The van der Waals surface area contributed by atoms with E-state index in [2.05, 4.69) is 49.4 Å². The van der Waals surface area contributed by atoms with Gasteiger partial charge in [-0.25, -0.2) is 15.0 Å². The predicted octanol–water partition coefficient (Wildman–Crippen LogP) is 2.01. The molecule has 8 heteroatoms. The number of carbonyl (C=O) groups is 1. The molecule has 1 spiro atoms. The SMILES string of the molecule is O=C1NCC12CN(c1nccnc1OC1CCN(c3ccc4ccccc4n3)CC1)C2. The van der Waals surface area contributed by atoms with Gasteiger partial charge in [-0.2, -0.15) is 0 Å². The van der Waals surface area contributed by atoms with Crippen molar-refractivity contribution in [3.8, 4) is 5.88 Å². The zero-order valence-corrected chi connectivity index (χ0v) is 17.2. The van der Waals surface area contributed by atoms with Gasteiger partial charge in [0.1, 0.15) is 17.3 Å². The molecule has 6 rings (SSSR count). The van der Waals surface area contributed by atoms with Crippen LogP contribution >= 0.6 is 0 Å². The number of piperidine rings is 1. The highest BCUT2D eigenvalue weighted by atomic mass is 16.5. The normalized spacial score (nSPS) is 20.3. The second-order valence-corrected chi connectivity index (χ2v) is 8.67. The maximum atomic E-state index is 11.8. The van der Waals surface area contributed by atoms with Gasteiger partial charge in [0.05, 0.1) is 5.52 Å². The highest BCUT2D eigenvalue weighted by molar-refractivity contribution is 5.92. The topological polar surface area (TPSA) is 83.5 Å². The maximum absolute atomic E-state index is 11.8. The van der Waals surface area contributed by atoms with Gasteiger partial charge >= 0.3 is 0 Å². The van der Waals surface area contributed by atoms with Gasteiger partial charge in [0.25, 0.3) is 5.88 Å². The molecule has 1 amide bonds. The Hall–Kier alpha value is -3.42. The molecular formula is C23H24N6O2.